The summed E-state index contributed by atoms with van der Waals surface area (Å²) < 4.78 is 5.28. The van der Waals surface area contributed by atoms with Crippen LogP contribution in [0.25, 0.3) is 0 Å². The zero-order chi connectivity index (χ0) is 14.4. The number of ether oxygens (including phenoxy) is 1. The van der Waals surface area contributed by atoms with E-state index in [1.807, 2.05) is 30.3 Å². The van der Waals surface area contributed by atoms with Crippen LogP contribution in [0.15, 0.2) is 36.5 Å². The van der Waals surface area contributed by atoms with Crippen molar-refractivity contribution >= 4 is 11.6 Å². The van der Waals surface area contributed by atoms with Crippen LogP contribution in [0.4, 0.5) is 0 Å². The minimum Gasteiger partial charge on any atom is -0.496 e. The van der Waals surface area contributed by atoms with E-state index in [4.69, 9.17) is 21.6 Å². The molecule has 0 radical (unpaired) electrons. The second-order valence-corrected chi connectivity index (χ2v) is 4.55. The number of hydrogen-bond acceptors (Lipinski definition) is 4. The fourth-order valence-electron chi connectivity index (χ4n) is 1.91. The maximum absolute atomic E-state index is 8.98. The van der Waals surface area contributed by atoms with E-state index in [1.165, 1.54) is 0 Å². The lowest BCUT2D eigenvalue weighted by Crippen LogP contribution is -2.15. The highest BCUT2D eigenvalue weighted by Gasteiger charge is 2.08. The van der Waals surface area contributed by atoms with Crippen LogP contribution in [-0.2, 0) is 13.1 Å². The van der Waals surface area contributed by atoms with E-state index in [0.717, 1.165) is 16.9 Å². The lowest BCUT2D eigenvalue weighted by atomic mass is 10.1. The van der Waals surface area contributed by atoms with Gasteiger partial charge in [0.05, 0.1) is 7.11 Å². The van der Waals surface area contributed by atoms with Crippen LogP contribution in [0, 0.1) is 11.3 Å². The molecule has 0 aliphatic carbocycles. The molecule has 1 aromatic carbocycles. The van der Waals surface area contributed by atoms with Crippen molar-refractivity contribution in [1.29, 1.82) is 5.26 Å². The summed E-state index contributed by atoms with van der Waals surface area (Å²) in [6.45, 7) is 1.10. The molecule has 102 valence electrons. The van der Waals surface area contributed by atoms with E-state index in [-0.39, 0.29) is 0 Å². The third kappa shape index (κ3) is 3.27. The molecule has 0 saturated heterocycles. The number of nitrogens with zero attached hydrogens (tertiary/aromatic N) is 2. The van der Waals surface area contributed by atoms with Crippen LogP contribution in [0.1, 0.15) is 16.8 Å². The summed E-state index contributed by atoms with van der Waals surface area (Å²) in [5.41, 5.74) is 2.20. The lowest BCUT2D eigenvalue weighted by molar-refractivity contribution is 0.407. The molecule has 0 spiro atoms. The van der Waals surface area contributed by atoms with Gasteiger partial charge >= 0.3 is 0 Å². The highest BCUT2D eigenvalue weighted by atomic mass is 35.5. The summed E-state index contributed by atoms with van der Waals surface area (Å²) in [6.07, 6.45) is 1.61. The van der Waals surface area contributed by atoms with Gasteiger partial charge in [0.25, 0.3) is 0 Å². The fourth-order valence-corrected chi connectivity index (χ4v) is 2.14. The Hall–Kier alpha value is -2.09. The first-order valence-corrected chi connectivity index (χ1v) is 6.50. The van der Waals surface area contributed by atoms with Gasteiger partial charge in [-0.25, -0.2) is 4.98 Å². The van der Waals surface area contributed by atoms with Crippen LogP contribution in [-0.4, -0.2) is 12.1 Å². The smallest absolute Gasteiger partial charge is 0.144 e. The van der Waals surface area contributed by atoms with Crippen LogP contribution in [0.3, 0.4) is 0 Å². The van der Waals surface area contributed by atoms with E-state index in [0.29, 0.717) is 23.8 Å². The average Bonchev–Trinajstić information content (AvgIpc) is 2.49. The molecule has 5 heteroatoms. The number of pyridine rings is 1. The summed E-state index contributed by atoms with van der Waals surface area (Å²) in [5.74, 6) is 0.747. The highest BCUT2D eigenvalue weighted by molar-refractivity contribution is 6.31. The van der Waals surface area contributed by atoms with Crippen molar-refractivity contribution in [3.63, 3.8) is 0 Å². The number of halogens is 1. The van der Waals surface area contributed by atoms with E-state index in [1.54, 1.807) is 13.3 Å². The summed E-state index contributed by atoms with van der Waals surface area (Å²) in [6, 6.07) is 11.3. The average molecular weight is 288 g/mol. The van der Waals surface area contributed by atoms with Crippen molar-refractivity contribution < 1.29 is 4.74 Å². The molecule has 20 heavy (non-hydrogen) atoms. The normalized spacial score (nSPS) is 10.1. The van der Waals surface area contributed by atoms with Crippen molar-refractivity contribution in [3.8, 4) is 11.8 Å². The number of nitriles is 1. The maximum Gasteiger partial charge on any atom is 0.144 e. The van der Waals surface area contributed by atoms with E-state index in [2.05, 4.69) is 16.4 Å². The minimum absolute atomic E-state index is 0.436. The minimum atomic E-state index is 0.436. The van der Waals surface area contributed by atoms with Crippen molar-refractivity contribution in [2.45, 2.75) is 13.1 Å². The van der Waals surface area contributed by atoms with Gasteiger partial charge in [0.1, 0.15) is 17.5 Å². The fraction of sp³-hybridized carbons (Fsp3) is 0.200. The van der Waals surface area contributed by atoms with Gasteiger partial charge in [0.2, 0.25) is 0 Å². The van der Waals surface area contributed by atoms with Crippen LogP contribution >= 0.6 is 11.6 Å². The molecule has 2 aromatic rings. The molecule has 4 nitrogen and oxygen atoms in total. The van der Waals surface area contributed by atoms with E-state index in [9.17, 15) is 0 Å². The SMILES string of the molecule is COc1cccc(Cl)c1CNCc1cccnc1C#N. The monoisotopic (exact) mass is 287 g/mol. The first-order valence-electron chi connectivity index (χ1n) is 6.12. The molecule has 1 heterocycles. The van der Waals surface area contributed by atoms with Gasteiger partial charge in [-0.2, -0.15) is 5.26 Å². The quantitative estimate of drug-likeness (QED) is 0.918. The number of benzene rings is 1. The molecule has 0 unspecified atom stereocenters. The molecule has 1 aromatic heterocycles. The zero-order valence-electron chi connectivity index (χ0n) is 11.1. The molecule has 2 rings (SSSR count). The maximum atomic E-state index is 8.98. The summed E-state index contributed by atoms with van der Waals surface area (Å²) >= 11 is 6.16. The second kappa shape index (κ2) is 6.90. The van der Waals surface area contributed by atoms with Crippen LogP contribution in [0.5, 0.6) is 5.75 Å². The Bertz CT molecular complexity index is 637. The molecule has 0 aliphatic heterocycles. The molecule has 0 atom stereocenters. The van der Waals surface area contributed by atoms with Crippen molar-refractivity contribution in [3.05, 3.63) is 58.4 Å². The summed E-state index contributed by atoms with van der Waals surface area (Å²) in [5, 5.41) is 12.9. The number of methoxy groups -OCH3 is 1. The van der Waals surface area contributed by atoms with Gasteiger partial charge in [-0.1, -0.05) is 23.7 Å². The Morgan fingerprint density at radius 1 is 1.30 bits per heavy atom. The largest absolute Gasteiger partial charge is 0.496 e. The topological polar surface area (TPSA) is 57.9 Å². The number of hydrogen-bond donors (Lipinski definition) is 1. The molecular formula is C15H14ClN3O. The Morgan fingerprint density at radius 2 is 2.15 bits per heavy atom. The second-order valence-electron chi connectivity index (χ2n) is 4.15. The van der Waals surface area contributed by atoms with Crippen LogP contribution < -0.4 is 10.1 Å². The summed E-state index contributed by atoms with van der Waals surface area (Å²) in [7, 11) is 1.62. The van der Waals surface area contributed by atoms with Crippen molar-refractivity contribution in [2.75, 3.05) is 7.11 Å². The van der Waals surface area contributed by atoms with E-state index < -0.39 is 0 Å². The Morgan fingerprint density at radius 3 is 2.90 bits per heavy atom. The number of aromatic nitrogens is 1. The number of nitrogens with one attached hydrogen (secondary N) is 1. The molecular weight excluding hydrogens is 274 g/mol. The molecule has 0 saturated carbocycles. The van der Waals surface area contributed by atoms with Crippen LogP contribution in [0.2, 0.25) is 5.02 Å². The Labute approximate surface area is 123 Å². The molecule has 1 N–H and O–H groups in total. The molecule has 0 amide bonds. The molecule has 0 bridgehead atoms. The van der Waals surface area contributed by atoms with Gasteiger partial charge in [0, 0.05) is 35.4 Å². The van der Waals surface area contributed by atoms with Gasteiger partial charge < -0.3 is 10.1 Å². The Kier molecular flexibility index (Phi) is 4.94. The van der Waals surface area contributed by atoms with E-state index >= 15 is 0 Å². The predicted octanol–water partition coefficient (Wildman–Crippen LogP) is 2.91. The summed E-state index contributed by atoms with van der Waals surface area (Å²) in [4.78, 5) is 4.02. The Balaban J connectivity index is 2.05. The van der Waals surface area contributed by atoms with Gasteiger partial charge in [-0.05, 0) is 18.2 Å². The zero-order valence-corrected chi connectivity index (χ0v) is 11.8. The van der Waals surface area contributed by atoms with Crippen molar-refractivity contribution in [1.82, 2.24) is 10.3 Å². The van der Waals surface area contributed by atoms with Gasteiger partial charge in [-0.3, -0.25) is 0 Å². The standard InChI is InChI=1S/C15H14ClN3O/c1-20-15-6-2-5-13(16)12(15)10-18-9-11-4-3-7-19-14(11)8-17/h2-7,18H,9-10H2,1H3. The third-order valence-electron chi connectivity index (χ3n) is 2.91. The first-order chi connectivity index (χ1) is 9.76. The van der Waals surface area contributed by atoms with Crippen molar-refractivity contribution in [2.24, 2.45) is 0 Å². The molecule has 0 fully saturated rings. The van der Waals surface area contributed by atoms with Gasteiger partial charge in [0.15, 0.2) is 0 Å². The first kappa shape index (κ1) is 14.3. The highest BCUT2D eigenvalue weighted by Crippen LogP contribution is 2.25. The van der Waals surface area contributed by atoms with Gasteiger partial charge in [-0.15, -0.1) is 0 Å². The predicted molar refractivity (Wildman–Crippen MR) is 77.5 cm³/mol. The third-order valence-corrected chi connectivity index (χ3v) is 3.26. The number of rotatable bonds is 5. The lowest BCUT2D eigenvalue weighted by Gasteiger charge is -2.11. The molecule has 0 aliphatic rings.